The van der Waals surface area contributed by atoms with Gasteiger partial charge in [0.2, 0.25) is 0 Å². The average Bonchev–Trinajstić information content (AvgIpc) is 2.49. The average molecular weight is 481 g/mol. The van der Waals surface area contributed by atoms with Gasteiger partial charge >= 0.3 is 0 Å². The van der Waals surface area contributed by atoms with Crippen LogP contribution in [0.2, 0.25) is 10.0 Å². The highest BCUT2D eigenvalue weighted by molar-refractivity contribution is 14.1. The third-order valence-corrected chi connectivity index (χ3v) is 4.31. The maximum atomic E-state index is 12.2. The van der Waals surface area contributed by atoms with Gasteiger partial charge in [-0.3, -0.25) is 10.1 Å². The van der Waals surface area contributed by atoms with Crippen LogP contribution >= 0.6 is 58.0 Å². The Hall–Kier alpha value is -1.09. The van der Waals surface area contributed by atoms with E-state index in [4.69, 9.17) is 40.2 Å². The van der Waals surface area contributed by atoms with E-state index in [-0.39, 0.29) is 11.0 Å². The Labute approximate surface area is 162 Å². The fourth-order valence-electron chi connectivity index (χ4n) is 1.75. The van der Waals surface area contributed by atoms with E-state index >= 15 is 0 Å². The van der Waals surface area contributed by atoms with Crippen LogP contribution in [0.1, 0.15) is 10.4 Å². The Morgan fingerprint density at radius 2 is 1.91 bits per heavy atom. The summed E-state index contributed by atoms with van der Waals surface area (Å²) in [5.41, 5.74) is 0.991. The number of rotatable bonds is 3. The number of anilines is 1. The standard InChI is InChI=1S/C15H11Cl2IN2O2S/c1-22-13-5-3-9(7-12(13)17)19-15(23)20-14(21)10-6-8(18)2-4-11(10)16/h2-7H,1H3,(H2,19,20,21,23). The van der Waals surface area contributed by atoms with Gasteiger partial charge in [-0.15, -0.1) is 0 Å². The first-order chi connectivity index (χ1) is 10.9. The Balaban J connectivity index is 2.06. The molecule has 0 atom stereocenters. The van der Waals surface area contributed by atoms with Gasteiger partial charge in [0.15, 0.2) is 5.11 Å². The predicted octanol–water partition coefficient (Wildman–Crippen LogP) is 4.73. The highest BCUT2D eigenvalue weighted by Gasteiger charge is 2.13. The van der Waals surface area contributed by atoms with Gasteiger partial charge in [0.25, 0.3) is 5.91 Å². The molecule has 23 heavy (non-hydrogen) atoms. The van der Waals surface area contributed by atoms with E-state index in [0.29, 0.717) is 27.0 Å². The van der Waals surface area contributed by atoms with Gasteiger partial charge in [-0.2, -0.15) is 0 Å². The first-order valence-electron chi connectivity index (χ1n) is 6.31. The number of ether oxygens (including phenoxy) is 1. The molecule has 0 fully saturated rings. The lowest BCUT2D eigenvalue weighted by Crippen LogP contribution is -2.34. The van der Waals surface area contributed by atoms with Crippen molar-refractivity contribution in [1.82, 2.24) is 5.32 Å². The van der Waals surface area contributed by atoms with Crippen LogP contribution < -0.4 is 15.4 Å². The number of hydrogen-bond donors (Lipinski definition) is 2. The van der Waals surface area contributed by atoms with E-state index in [2.05, 4.69) is 33.2 Å². The second-order valence-corrected chi connectivity index (χ2v) is 6.85. The van der Waals surface area contributed by atoms with Crippen LogP contribution in [0.3, 0.4) is 0 Å². The van der Waals surface area contributed by atoms with E-state index in [1.807, 2.05) is 6.07 Å². The van der Waals surface area contributed by atoms with Crippen molar-refractivity contribution in [3.8, 4) is 5.75 Å². The predicted molar refractivity (Wildman–Crippen MR) is 106 cm³/mol. The second-order valence-electron chi connectivity index (χ2n) is 4.38. The highest BCUT2D eigenvalue weighted by atomic mass is 127. The van der Waals surface area contributed by atoms with Crippen molar-refractivity contribution >= 4 is 74.7 Å². The number of halogens is 3. The van der Waals surface area contributed by atoms with Gasteiger partial charge in [0, 0.05) is 9.26 Å². The minimum absolute atomic E-state index is 0.145. The minimum Gasteiger partial charge on any atom is -0.495 e. The number of benzene rings is 2. The summed E-state index contributed by atoms with van der Waals surface area (Å²) in [4.78, 5) is 12.2. The summed E-state index contributed by atoms with van der Waals surface area (Å²) in [7, 11) is 1.53. The van der Waals surface area contributed by atoms with Crippen LogP contribution in [0.15, 0.2) is 36.4 Å². The van der Waals surface area contributed by atoms with Gasteiger partial charge < -0.3 is 10.1 Å². The van der Waals surface area contributed by atoms with E-state index in [1.54, 1.807) is 30.3 Å². The molecule has 4 nitrogen and oxygen atoms in total. The molecular weight excluding hydrogens is 470 g/mol. The summed E-state index contributed by atoms with van der Waals surface area (Å²) < 4.78 is 5.97. The molecule has 8 heteroatoms. The summed E-state index contributed by atoms with van der Waals surface area (Å²) in [5.74, 6) is 0.170. The first-order valence-corrected chi connectivity index (χ1v) is 8.56. The van der Waals surface area contributed by atoms with Crippen molar-refractivity contribution < 1.29 is 9.53 Å². The van der Waals surface area contributed by atoms with E-state index in [1.165, 1.54) is 7.11 Å². The molecule has 0 aliphatic rings. The number of methoxy groups -OCH3 is 1. The van der Waals surface area contributed by atoms with Crippen LogP contribution in [-0.2, 0) is 0 Å². The fourth-order valence-corrected chi connectivity index (χ4v) is 2.91. The molecule has 120 valence electrons. The number of thiocarbonyl (C=S) groups is 1. The largest absolute Gasteiger partial charge is 0.495 e. The summed E-state index contributed by atoms with van der Waals surface area (Å²) in [6.07, 6.45) is 0. The molecule has 0 spiro atoms. The van der Waals surface area contributed by atoms with Gasteiger partial charge in [0.1, 0.15) is 5.75 Å². The lowest BCUT2D eigenvalue weighted by atomic mass is 10.2. The molecule has 0 unspecified atom stereocenters. The molecule has 0 heterocycles. The molecule has 0 bridgehead atoms. The van der Waals surface area contributed by atoms with Crippen molar-refractivity contribution in [2.75, 3.05) is 12.4 Å². The van der Waals surface area contributed by atoms with Crippen LogP contribution in [0, 0.1) is 3.57 Å². The first kappa shape index (κ1) is 18.3. The zero-order chi connectivity index (χ0) is 17.0. The molecule has 0 saturated heterocycles. The number of carbonyl (C=O) groups excluding carboxylic acids is 1. The van der Waals surface area contributed by atoms with E-state index < -0.39 is 0 Å². The van der Waals surface area contributed by atoms with Crippen LogP contribution in [0.4, 0.5) is 5.69 Å². The monoisotopic (exact) mass is 480 g/mol. The maximum absolute atomic E-state index is 12.2. The van der Waals surface area contributed by atoms with Gasteiger partial charge in [-0.25, -0.2) is 0 Å². The zero-order valence-electron chi connectivity index (χ0n) is 11.8. The number of nitrogens with one attached hydrogen (secondary N) is 2. The molecule has 0 aliphatic heterocycles. The molecule has 1 amide bonds. The maximum Gasteiger partial charge on any atom is 0.258 e. The Kier molecular flexibility index (Phi) is 6.46. The van der Waals surface area contributed by atoms with E-state index in [9.17, 15) is 4.79 Å². The van der Waals surface area contributed by atoms with Crippen molar-refractivity contribution in [3.63, 3.8) is 0 Å². The van der Waals surface area contributed by atoms with Crippen molar-refractivity contribution in [2.24, 2.45) is 0 Å². The number of carbonyl (C=O) groups is 1. The van der Waals surface area contributed by atoms with Crippen LogP contribution in [-0.4, -0.2) is 18.1 Å². The molecule has 2 aromatic carbocycles. The molecule has 0 aliphatic carbocycles. The van der Waals surface area contributed by atoms with Crippen LogP contribution in [0.5, 0.6) is 5.75 Å². The minimum atomic E-state index is -0.384. The molecular formula is C15H11Cl2IN2O2S. The van der Waals surface area contributed by atoms with Gasteiger partial charge in [-0.1, -0.05) is 23.2 Å². The van der Waals surface area contributed by atoms with Gasteiger partial charge in [-0.05, 0) is 71.2 Å². The Bertz CT molecular complexity index is 771. The topological polar surface area (TPSA) is 50.4 Å². The Morgan fingerprint density at radius 1 is 1.17 bits per heavy atom. The van der Waals surface area contributed by atoms with Crippen molar-refractivity contribution in [1.29, 1.82) is 0 Å². The smallest absolute Gasteiger partial charge is 0.258 e. The summed E-state index contributed by atoms with van der Waals surface area (Å²) in [5, 5.41) is 6.40. The third kappa shape index (κ3) is 4.94. The lowest BCUT2D eigenvalue weighted by Gasteiger charge is -2.11. The summed E-state index contributed by atoms with van der Waals surface area (Å²) >= 11 is 19.3. The van der Waals surface area contributed by atoms with Gasteiger partial charge in [0.05, 0.1) is 22.7 Å². The summed E-state index contributed by atoms with van der Waals surface area (Å²) in [6, 6.07) is 10.3. The van der Waals surface area contributed by atoms with Crippen LogP contribution in [0.25, 0.3) is 0 Å². The molecule has 2 rings (SSSR count). The molecule has 0 radical (unpaired) electrons. The SMILES string of the molecule is COc1ccc(NC(=S)NC(=O)c2cc(I)ccc2Cl)cc1Cl. The highest BCUT2D eigenvalue weighted by Crippen LogP contribution is 2.27. The molecule has 2 N–H and O–H groups in total. The number of amides is 1. The quantitative estimate of drug-likeness (QED) is 0.492. The Morgan fingerprint density at radius 3 is 2.57 bits per heavy atom. The lowest BCUT2D eigenvalue weighted by molar-refractivity contribution is 0.0978. The molecule has 0 aromatic heterocycles. The molecule has 0 saturated carbocycles. The fraction of sp³-hybridized carbons (Fsp3) is 0.0667. The van der Waals surface area contributed by atoms with E-state index in [0.717, 1.165) is 3.57 Å². The third-order valence-electron chi connectivity index (χ3n) is 2.81. The zero-order valence-corrected chi connectivity index (χ0v) is 16.3. The second kappa shape index (κ2) is 8.14. The molecule has 2 aromatic rings. The van der Waals surface area contributed by atoms with Crippen molar-refractivity contribution in [2.45, 2.75) is 0 Å². The normalized spacial score (nSPS) is 10.1. The number of hydrogen-bond acceptors (Lipinski definition) is 3. The van der Waals surface area contributed by atoms with Crippen molar-refractivity contribution in [3.05, 3.63) is 55.6 Å². The summed E-state index contributed by atoms with van der Waals surface area (Å²) in [6.45, 7) is 0.